The van der Waals surface area contributed by atoms with Crippen molar-refractivity contribution in [3.63, 3.8) is 0 Å². The maximum absolute atomic E-state index is 9.19. The van der Waals surface area contributed by atoms with Crippen molar-refractivity contribution in [2.75, 3.05) is 25.1 Å². The highest BCUT2D eigenvalue weighted by Crippen LogP contribution is 2.27. The van der Waals surface area contributed by atoms with E-state index >= 15 is 0 Å². The first-order valence-electron chi connectivity index (χ1n) is 6.39. The van der Waals surface area contributed by atoms with Gasteiger partial charge in [0.1, 0.15) is 0 Å². The predicted molar refractivity (Wildman–Crippen MR) is 73.4 cm³/mol. The molecule has 1 N–H and O–H groups in total. The molecule has 2 rings (SSSR count). The summed E-state index contributed by atoms with van der Waals surface area (Å²) >= 11 is 0. The third kappa shape index (κ3) is 2.70. The van der Waals surface area contributed by atoms with Crippen molar-refractivity contribution in [2.24, 2.45) is 0 Å². The molecule has 1 aliphatic rings. The lowest BCUT2D eigenvalue weighted by Gasteiger charge is -2.27. The van der Waals surface area contributed by atoms with Crippen molar-refractivity contribution in [1.29, 1.82) is 0 Å². The maximum atomic E-state index is 9.19. The molecule has 0 amide bonds. The van der Waals surface area contributed by atoms with Gasteiger partial charge in [0.25, 0.3) is 0 Å². The molecule has 2 heteroatoms. The number of nitrogens with zero attached hydrogens (tertiary/aromatic N) is 1. The standard InChI is InChI=1S/C15H21NO/c1-3-12(11-17)9-13-6-7-15-14(10-13)5-4-8-16(15)2/h6-7,9-10,17H,3-5,8,11H2,1-2H3. The van der Waals surface area contributed by atoms with E-state index in [9.17, 15) is 5.11 Å². The molecule has 1 aliphatic heterocycles. The van der Waals surface area contributed by atoms with Crippen LogP contribution in [-0.2, 0) is 6.42 Å². The van der Waals surface area contributed by atoms with Gasteiger partial charge in [-0.3, -0.25) is 0 Å². The predicted octanol–water partition coefficient (Wildman–Crippen LogP) is 2.85. The van der Waals surface area contributed by atoms with Crippen molar-refractivity contribution in [1.82, 2.24) is 0 Å². The second-order valence-electron chi connectivity index (χ2n) is 4.73. The third-order valence-corrected chi connectivity index (χ3v) is 3.48. The Morgan fingerprint density at radius 2 is 2.29 bits per heavy atom. The largest absolute Gasteiger partial charge is 0.392 e. The summed E-state index contributed by atoms with van der Waals surface area (Å²) in [6.45, 7) is 3.39. The fourth-order valence-corrected chi connectivity index (χ4v) is 2.39. The fourth-order valence-electron chi connectivity index (χ4n) is 2.39. The van der Waals surface area contributed by atoms with E-state index in [0.29, 0.717) is 0 Å². The van der Waals surface area contributed by atoms with Gasteiger partial charge in [-0.2, -0.15) is 0 Å². The first-order valence-corrected chi connectivity index (χ1v) is 6.39. The molecule has 0 aromatic heterocycles. The van der Waals surface area contributed by atoms with Gasteiger partial charge < -0.3 is 10.0 Å². The lowest BCUT2D eigenvalue weighted by Crippen LogP contribution is -2.24. The average molecular weight is 231 g/mol. The van der Waals surface area contributed by atoms with Gasteiger partial charge >= 0.3 is 0 Å². The van der Waals surface area contributed by atoms with E-state index in [1.54, 1.807) is 0 Å². The summed E-state index contributed by atoms with van der Waals surface area (Å²) in [6, 6.07) is 6.60. The first kappa shape index (κ1) is 12.2. The highest BCUT2D eigenvalue weighted by atomic mass is 16.3. The molecule has 1 aromatic carbocycles. The minimum atomic E-state index is 0.160. The van der Waals surface area contributed by atoms with E-state index in [4.69, 9.17) is 0 Å². The van der Waals surface area contributed by atoms with E-state index in [1.807, 2.05) is 0 Å². The number of fused-ring (bicyclic) bond motifs is 1. The van der Waals surface area contributed by atoms with Gasteiger partial charge in [0.2, 0.25) is 0 Å². The molecule has 2 nitrogen and oxygen atoms in total. The number of aliphatic hydroxyl groups is 1. The van der Waals surface area contributed by atoms with Crippen LogP contribution in [-0.4, -0.2) is 25.3 Å². The number of hydrogen-bond acceptors (Lipinski definition) is 2. The van der Waals surface area contributed by atoms with Crippen LogP contribution in [0.4, 0.5) is 5.69 Å². The number of rotatable bonds is 3. The van der Waals surface area contributed by atoms with Crippen molar-refractivity contribution < 1.29 is 5.11 Å². The highest BCUT2D eigenvalue weighted by molar-refractivity contribution is 5.62. The summed E-state index contributed by atoms with van der Waals surface area (Å²) in [5.41, 5.74) is 5.09. The zero-order valence-electron chi connectivity index (χ0n) is 10.7. The van der Waals surface area contributed by atoms with Crippen molar-refractivity contribution in [2.45, 2.75) is 26.2 Å². The quantitative estimate of drug-likeness (QED) is 0.864. The van der Waals surface area contributed by atoms with Gasteiger partial charge in [0.05, 0.1) is 6.61 Å². The van der Waals surface area contributed by atoms with Crippen LogP contribution in [0.3, 0.4) is 0 Å². The summed E-state index contributed by atoms with van der Waals surface area (Å²) in [5, 5.41) is 9.19. The Labute approximate surface area is 104 Å². The Kier molecular flexibility index (Phi) is 3.85. The summed E-state index contributed by atoms with van der Waals surface area (Å²) in [4.78, 5) is 2.32. The van der Waals surface area contributed by atoms with Crippen LogP contribution in [0.5, 0.6) is 0 Å². The second kappa shape index (κ2) is 5.37. The van der Waals surface area contributed by atoms with E-state index < -0.39 is 0 Å². The molecule has 0 saturated heterocycles. The van der Waals surface area contributed by atoms with Crippen LogP contribution >= 0.6 is 0 Å². The molecule has 0 spiro atoms. The SMILES string of the molecule is CCC(=Cc1ccc2c(c1)CCCN2C)CO. The lowest BCUT2D eigenvalue weighted by molar-refractivity contribution is 0.329. The summed E-state index contributed by atoms with van der Waals surface area (Å²) in [6.07, 6.45) is 5.42. The zero-order chi connectivity index (χ0) is 12.3. The van der Waals surface area contributed by atoms with Crippen LogP contribution in [0.2, 0.25) is 0 Å². The van der Waals surface area contributed by atoms with Crippen LogP contribution in [0.1, 0.15) is 30.9 Å². The Balaban J connectivity index is 2.30. The molecule has 1 heterocycles. The lowest BCUT2D eigenvalue weighted by atomic mass is 9.98. The Bertz CT molecular complexity index is 417. The number of aryl methyl sites for hydroxylation is 1. The number of hydrogen-bond donors (Lipinski definition) is 1. The molecule has 0 unspecified atom stereocenters. The average Bonchev–Trinajstić information content (AvgIpc) is 2.36. The molecule has 1 aromatic rings. The molecule has 0 fully saturated rings. The van der Waals surface area contributed by atoms with Gasteiger partial charge in [0.15, 0.2) is 0 Å². The van der Waals surface area contributed by atoms with Gasteiger partial charge in [-0.1, -0.05) is 19.1 Å². The monoisotopic (exact) mass is 231 g/mol. The van der Waals surface area contributed by atoms with Crippen LogP contribution in [0.15, 0.2) is 23.8 Å². The topological polar surface area (TPSA) is 23.5 Å². The number of benzene rings is 1. The van der Waals surface area contributed by atoms with Crippen molar-refractivity contribution >= 4 is 11.8 Å². The minimum Gasteiger partial charge on any atom is -0.392 e. The summed E-state index contributed by atoms with van der Waals surface area (Å²) in [5.74, 6) is 0. The zero-order valence-corrected chi connectivity index (χ0v) is 10.7. The van der Waals surface area contributed by atoms with Crippen molar-refractivity contribution in [3.05, 3.63) is 34.9 Å². The molecule has 0 bridgehead atoms. The molecule has 0 radical (unpaired) electrons. The Hall–Kier alpha value is -1.28. The molecule has 0 atom stereocenters. The van der Waals surface area contributed by atoms with E-state index in [1.165, 1.54) is 29.7 Å². The molecule has 0 aliphatic carbocycles. The van der Waals surface area contributed by atoms with Crippen LogP contribution < -0.4 is 4.90 Å². The third-order valence-electron chi connectivity index (χ3n) is 3.48. The highest BCUT2D eigenvalue weighted by Gasteiger charge is 2.13. The van der Waals surface area contributed by atoms with Crippen LogP contribution in [0.25, 0.3) is 6.08 Å². The van der Waals surface area contributed by atoms with E-state index in [-0.39, 0.29) is 6.61 Å². The van der Waals surface area contributed by atoms with E-state index in [0.717, 1.165) is 18.5 Å². The molecule has 92 valence electrons. The maximum Gasteiger partial charge on any atom is 0.0644 e. The molecular formula is C15H21NO. The molecule has 0 saturated carbocycles. The van der Waals surface area contributed by atoms with Crippen LogP contribution in [0, 0.1) is 0 Å². The smallest absolute Gasteiger partial charge is 0.0644 e. The van der Waals surface area contributed by atoms with Gasteiger partial charge in [-0.05, 0) is 48.1 Å². The first-order chi connectivity index (χ1) is 8.24. The number of aliphatic hydroxyl groups excluding tert-OH is 1. The Morgan fingerprint density at radius 1 is 1.47 bits per heavy atom. The van der Waals surface area contributed by atoms with Gasteiger partial charge in [-0.15, -0.1) is 0 Å². The fraction of sp³-hybridized carbons (Fsp3) is 0.467. The summed E-state index contributed by atoms with van der Waals surface area (Å²) in [7, 11) is 2.15. The number of anilines is 1. The Morgan fingerprint density at radius 3 is 3.00 bits per heavy atom. The summed E-state index contributed by atoms with van der Waals surface area (Å²) < 4.78 is 0. The van der Waals surface area contributed by atoms with Crippen molar-refractivity contribution in [3.8, 4) is 0 Å². The second-order valence-corrected chi connectivity index (χ2v) is 4.73. The molecular weight excluding hydrogens is 210 g/mol. The van der Waals surface area contributed by atoms with Gasteiger partial charge in [-0.25, -0.2) is 0 Å². The van der Waals surface area contributed by atoms with Gasteiger partial charge in [0, 0.05) is 19.3 Å². The molecule has 17 heavy (non-hydrogen) atoms. The normalized spacial score (nSPS) is 15.9. The van der Waals surface area contributed by atoms with E-state index in [2.05, 4.69) is 43.1 Å². The minimum absolute atomic E-state index is 0.160.